The number of benzene rings is 2. The van der Waals surface area contributed by atoms with Gasteiger partial charge in [0.25, 0.3) is 0 Å². The Morgan fingerprint density at radius 2 is 2.12 bits per heavy atom. The molecule has 0 bridgehead atoms. The molecule has 4 aromatic rings. The first-order valence-corrected chi connectivity index (χ1v) is 17.7. The van der Waals surface area contributed by atoms with Crippen molar-refractivity contribution in [1.82, 2.24) is 20.2 Å². The third kappa shape index (κ3) is 5.24. The largest absolute Gasteiger partial charge is 0.491 e. The van der Waals surface area contributed by atoms with E-state index in [-0.39, 0.29) is 84.6 Å². The molecule has 6 heterocycles. The van der Waals surface area contributed by atoms with E-state index in [2.05, 4.69) is 20.1 Å². The summed E-state index contributed by atoms with van der Waals surface area (Å²) in [4.78, 5) is 13.8. The number of hydrogen-bond acceptors (Lipinski definition) is 11. The number of nitrogen functional groups attached to an aromatic ring is 1. The molecule has 8 rings (SSSR count). The second-order valence-corrected chi connectivity index (χ2v) is 14.7. The maximum absolute atomic E-state index is 17.3. The average molecular weight is 714 g/mol. The van der Waals surface area contributed by atoms with Crippen molar-refractivity contribution < 1.29 is 27.4 Å². The number of likely N-dealkylation sites (N-methyl/N-ethyl adjacent to an activating group) is 1. The SMILES string of the molecule is CNCCN1c2nc(OC[C@@]34CCCN3C[C@H](F)C4)nc3c(F)c(-c4ccc(F)c5sc(N)c(C#N)c45)c(Cl)c(c23)OCC2CCOCC21. The Kier molecular flexibility index (Phi) is 8.39. The van der Waals surface area contributed by atoms with Crippen LogP contribution in [0, 0.1) is 28.9 Å². The Hall–Kier alpha value is -3.61. The fraction of sp³-hybridized carbons (Fsp3) is 0.500. The van der Waals surface area contributed by atoms with Gasteiger partial charge in [0.05, 0.1) is 45.5 Å². The smallest absolute Gasteiger partial charge is 0.319 e. The molecule has 0 aliphatic carbocycles. The number of nitrogens with one attached hydrogen (secondary N) is 1. The quantitative estimate of drug-likeness (QED) is 0.248. The molecule has 2 unspecified atom stereocenters. The molecule has 10 nitrogen and oxygen atoms in total. The third-order valence-electron chi connectivity index (χ3n) is 10.6. The number of hydrogen-bond donors (Lipinski definition) is 2. The number of nitriles is 1. The lowest BCUT2D eigenvalue weighted by molar-refractivity contribution is 0.0289. The van der Waals surface area contributed by atoms with Gasteiger partial charge in [-0.1, -0.05) is 17.7 Å². The van der Waals surface area contributed by atoms with Crippen LogP contribution in [0.2, 0.25) is 5.02 Å². The lowest BCUT2D eigenvalue weighted by atomic mass is 9.92. The molecule has 3 saturated heterocycles. The maximum Gasteiger partial charge on any atom is 0.319 e. The molecule has 4 aliphatic heterocycles. The molecule has 2 aromatic carbocycles. The van der Waals surface area contributed by atoms with Crippen LogP contribution in [0.4, 0.5) is 24.0 Å². The molecule has 0 spiro atoms. The molecule has 4 atom stereocenters. The van der Waals surface area contributed by atoms with Crippen LogP contribution in [0.25, 0.3) is 32.1 Å². The number of nitrogens with zero attached hydrogens (tertiary/aromatic N) is 5. The van der Waals surface area contributed by atoms with E-state index in [0.717, 1.165) is 37.1 Å². The van der Waals surface area contributed by atoms with Gasteiger partial charge in [-0.3, -0.25) is 4.90 Å². The molecule has 3 fully saturated rings. The monoisotopic (exact) mass is 713 g/mol. The maximum atomic E-state index is 17.3. The summed E-state index contributed by atoms with van der Waals surface area (Å²) in [7, 11) is 1.85. The molecule has 258 valence electrons. The van der Waals surface area contributed by atoms with E-state index in [1.54, 1.807) is 0 Å². The van der Waals surface area contributed by atoms with Crippen LogP contribution in [0.1, 0.15) is 31.2 Å². The Balaban J connectivity index is 1.37. The number of rotatable bonds is 7. The van der Waals surface area contributed by atoms with Crippen LogP contribution in [0.15, 0.2) is 12.1 Å². The summed E-state index contributed by atoms with van der Waals surface area (Å²) >= 11 is 8.05. The Morgan fingerprint density at radius 1 is 1.27 bits per heavy atom. The summed E-state index contributed by atoms with van der Waals surface area (Å²) in [6.07, 6.45) is 1.83. The summed E-state index contributed by atoms with van der Waals surface area (Å²) in [5.74, 6) is -0.796. The number of aromatic nitrogens is 2. The van der Waals surface area contributed by atoms with E-state index in [1.165, 1.54) is 12.1 Å². The fourth-order valence-corrected chi connectivity index (χ4v) is 9.48. The molecule has 0 amide bonds. The van der Waals surface area contributed by atoms with Crippen molar-refractivity contribution in [1.29, 1.82) is 5.26 Å². The van der Waals surface area contributed by atoms with Gasteiger partial charge in [-0.05, 0) is 44.5 Å². The van der Waals surface area contributed by atoms with Gasteiger partial charge in [-0.2, -0.15) is 15.2 Å². The number of nitrogens with two attached hydrogens (primary N) is 1. The van der Waals surface area contributed by atoms with Crippen molar-refractivity contribution in [2.45, 2.75) is 43.4 Å². The van der Waals surface area contributed by atoms with E-state index in [9.17, 15) is 9.65 Å². The highest BCUT2D eigenvalue weighted by molar-refractivity contribution is 7.23. The minimum absolute atomic E-state index is 0.0306. The zero-order valence-electron chi connectivity index (χ0n) is 26.8. The van der Waals surface area contributed by atoms with Gasteiger partial charge in [0.2, 0.25) is 0 Å². The van der Waals surface area contributed by atoms with Crippen LogP contribution in [0.5, 0.6) is 11.8 Å². The summed E-state index contributed by atoms with van der Waals surface area (Å²) in [6, 6.07) is 4.45. The van der Waals surface area contributed by atoms with Crippen LogP contribution >= 0.6 is 22.9 Å². The number of halogens is 4. The molecule has 4 aliphatic rings. The van der Waals surface area contributed by atoms with Crippen LogP contribution in [0.3, 0.4) is 0 Å². The van der Waals surface area contributed by atoms with Gasteiger partial charge in [0, 0.05) is 49.5 Å². The zero-order chi connectivity index (χ0) is 34.0. The highest BCUT2D eigenvalue weighted by Gasteiger charge is 2.49. The number of ether oxygens (including phenoxy) is 3. The fourth-order valence-electron chi connectivity index (χ4n) is 8.19. The summed E-state index contributed by atoms with van der Waals surface area (Å²) in [6.45, 7) is 3.65. The van der Waals surface area contributed by atoms with Crippen molar-refractivity contribution >= 4 is 54.7 Å². The van der Waals surface area contributed by atoms with Crippen molar-refractivity contribution in [3.63, 3.8) is 0 Å². The number of fused-ring (bicyclic) bond motifs is 3. The second-order valence-electron chi connectivity index (χ2n) is 13.3. The van der Waals surface area contributed by atoms with Crippen molar-refractivity contribution in [2.24, 2.45) is 5.92 Å². The van der Waals surface area contributed by atoms with Gasteiger partial charge >= 0.3 is 6.01 Å². The predicted molar refractivity (Wildman–Crippen MR) is 182 cm³/mol. The van der Waals surface area contributed by atoms with E-state index in [1.807, 2.05) is 13.1 Å². The molecule has 2 aromatic heterocycles. The highest BCUT2D eigenvalue weighted by Crippen LogP contribution is 2.51. The van der Waals surface area contributed by atoms with Gasteiger partial charge in [-0.25, -0.2) is 13.2 Å². The Morgan fingerprint density at radius 3 is 2.94 bits per heavy atom. The zero-order valence-corrected chi connectivity index (χ0v) is 28.4. The third-order valence-corrected chi connectivity index (χ3v) is 11.9. The van der Waals surface area contributed by atoms with Gasteiger partial charge < -0.3 is 30.2 Å². The Labute approximate surface area is 289 Å². The standard InChI is InChI=1S/C34H35ClF3N7O3S/c1-41-7-9-45-22-15-46-10-5-17(22)14-47-29-25-28(42-33(43-32(25)45)48-16-34-6-2-8-44(34)13-18(36)11-34)27(38)24(26(29)35)19-3-4-21(37)30-23(19)20(12-39)31(40)49-30/h3-4,17-18,22,41H,2,5-11,13-16,40H2,1H3/t17?,18-,22?,34+/m1/s1. The van der Waals surface area contributed by atoms with E-state index < -0.39 is 23.3 Å². The molecule has 0 saturated carbocycles. The van der Waals surface area contributed by atoms with Crippen LogP contribution in [-0.4, -0.2) is 92.3 Å². The van der Waals surface area contributed by atoms with Gasteiger partial charge in [0.15, 0.2) is 11.6 Å². The Bertz CT molecular complexity index is 2010. The molecule has 3 N–H and O–H groups in total. The lowest BCUT2D eigenvalue weighted by Gasteiger charge is -2.42. The second kappa shape index (κ2) is 12.6. The van der Waals surface area contributed by atoms with E-state index in [0.29, 0.717) is 45.1 Å². The first kappa shape index (κ1) is 32.6. The van der Waals surface area contributed by atoms with Gasteiger partial charge in [0.1, 0.15) is 41.0 Å². The topological polar surface area (TPSA) is 122 Å². The van der Waals surface area contributed by atoms with Gasteiger partial charge in [-0.15, -0.1) is 11.3 Å². The molecular formula is C34H35ClF3N7O3S. The first-order chi connectivity index (χ1) is 23.7. The summed E-state index contributed by atoms with van der Waals surface area (Å²) in [5.41, 5.74) is 5.67. The van der Waals surface area contributed by atoms with Crippen LogP contribution in [-0.2, 0) is 4.74 Å². The van der Waals surface area contributed by atoms with Crippen molar-refractivity contribution in [2.75, 3.05) is 70.3 Å². The number of thiophene rings is 1. The molecule has 15 heteroatoms. The predicted octanol–water partition coefficient (Wildman–Crippen LogP) is 5.68. The van der Waals surface area contributed by atoms with Crippen molar-refractivity contribution in [3.05, 3.63) is 34.4 Å². The number of alkyl halides is 1. The summed E-state index contributed by atoms with van der Waals surface area (Å²) < 4.78 is 65.9. The minimum atomic E-state index is -0.950. The van der Waals surface area contributed by atoms with E-state index in [4.69, 9.17) is 36.5 Å². The molecule has 0 radical (unpaired) electrons. The lowest BCUT2D eigenvalue weighted by Crippen LogP contribution is -2.51. The number of anilines is 2. The van der Waals surface area contributed by atoms with Crippen LogP contribution < -0.4 is 25.4 Å². The highest BCUT2D eigenvalue weighted by atomic mass is 35.5. The molecular weight excluding hydrogens is 679 g/mol. The average Bonchev–Trinajstić information content (AvgIpc) is 3.74. The normalized spacial score (nSPS) is 25.1. The first-order valence-electron chi connectivity index (χ1n) is 16.5. The summed E-state index contributed by atoms with van der Waals surface area (Å²) in [5, 5.41) is 13.7. The minimum Gasteiger partial charge on any atom is -0.491 e. The van der Waals surface area contributed by atoms with Crippen molar-refractivity contribution in [3.8, 4) is 29.0 Å². The van der Waals surface area contributed by atoms with E-state index >= 15 is 8.78 Å². The molecule has 49 heavy (non-hydrogen) atoms.